The van der Waals surface area contributed by atoms with Gasteiger partial charge in [-0.25, -0.2) is 9.18 Å². The molecule has 6 heteroatoms. The molecule has 3 N–H and O–H groups in total. The minimum atomic E-state index is -1.52. The summed E-state index contributed by atoms with van der Waals surface area (Å²) in [5, 5.41) is 26.5. The summed E-state index contributed by atoms with van der Waals surface area (Å²) in [5.74, 6) is -5.91. The molecule has 1 atom stereocenters. The lowest BCUT2D eigenvalue weighted by atomic mass is 9.98. The van der Waals surface area contributed by atoms with Gasteiger partial charge in [0.05, 0.1) is 5.92 Å². The van der Waals surface area contributed by atoms with E-state index in [1.807, 2.05) is 0 Å². The highest BCUT2D eigenvalue weighted by Gasteiger charge is 2.21. The van der Waals surface area contributed by atoms with Crippen molar-refractivity contribution in [2.75, 3.05) is 0 Å². The quantitative estimate of drug-likeness (QED) is 0.727. The Morgan fingerprint density at radius 1 is 1.31 bits per heavy atom. The Morgan fingerprint density at radius 3 is 2.31 bits per heavy atom. The van der Waals surface area contributed by atoms with E-state index in [9.17, 15) is 14.0 Å². The third-order valence-electron chi connectivity index (χ3n) is 2.19. The molecule has 0 aromatic heterocycles. The number of aromatic carboxylic acids is 1. The topological polar surface area (TPSA) is 94.8 Å². The van der Waals surface area contributed by atoms with Gasteiger partial charge >= 0.3 is 11.9 Å². The molecule has 1 rings (SSSR count). The summed E-state index contributed by atoms with van der Waals surface area (Å²) in [5.41, 5.74) is -0.664. The van der Waals surface area contributed by atoms with Crippen molar-refractivity contribution in [3.05, 3.63) is 29.1 Å². The Bertz CT molecular complexity index is 455. The number of aromatic hydroxyl groups is 1. The largest absolute Gasteiger partial charge is 0.504 e. The average molecular weight is 228 g/mol. The van der Waals surface area contributed by atoms with Crippen LogP contribution in [0.5, 0.6) is 5.75 Å². The molecular weight excluding hydrogens is 219 g/mol. The lowest BCUT2D eigenvalue weighted by molar-refractivity contribution is -0.138. The molecule has 0 spiro atoms. The van der Waals surface area contributed by atoms with Gasteiger partial charge in [-0.15, -0.1) is 0 Å². The minimum Gasteiger partial charge on any atom is -0.504 e. The first-order valence-corrected chi connectivity index (χ1v) is 4.33. The summed E-state index contributed by atoms with van der Waals surface area (Å²) in [7, 11) is 0. The number of hydrogen-bond acceptors (Lipinski definition) is 3. The van der Waals surface area contributed by atoms with Crippen LogP contribution in [0, 0.1) is 5.82 Å². The van der Waals surface area contributed by atoms with Crippen LogP contribution in [0.3, 0.4) is 0 Å². The van der Waals surface area contributed by atoms with Crippen LogP contribution in [0.25, 0.3) is 0 Å². The van der Waals surface area contributed by atoms with Crippen molar-refractivity contribution in [3.63, 3.8) is 0 Å². The molecule has 1 aromatic carbocycles. The van der Waals surface area contributed by atoms with Crippen LogP contribution in [0.2, 0.25) is 0 Å². The smallest absolute Gasteiger partial charge is 0.339 e. The second-order valence-electron chi connectivity index (χ2n) is 3.26. The van der Waals surface area contributed by atoms with E-state index < -0.39 is 35.0 Å². The predicted molar refractivity (Wildman–Crippen MR) is 51.1 cm³/mol. The van der Waals surface area contributed by atoms with Gasteiger partial charge in [0, 0.05) is 0 Å². The number of benzene rings is 1. The molecule has 0 fully saturated rings. The van der Waals surface area contributed by atoms with E-state index in [1.165, 1.54) is 6.92 Å². The van der Waals surface area contributed by atoms with Crippen molar-refractivity contribution in [3.8, 4) is 5.75 Å². The maximum absolute atomic E-state index is 13.1. The van der Waals surface area contributed by atoms with Crippen LogP contribution in [-0.4, -0.2) is 27.3 Å². The van der Waals surface area contributed by atoms with Crippen LogP contribution in [0.15, 0.2) is 12.1 Å². The van der Waals surface area contributed by atoms with Crippen molar-refractivity contribution >= 4 is 11.9 Å². The molecule has 0 aliphatic rings. The van der Waals surface area contributed by atoms with E-state index in [4.69, 9.17) is 15.3 Å². The predicted octanol–water partition coefficient (Wildman–Crippen LogP) is 1.42. The fraction of sp³-hybridized carbons (Fsp3) is 0.200. The zero-order valence-electron chi connectivity index (χ0n) is 8.27. The van der Waals surface area contributed by atoms with Gasteiger partial charge in [-0.2, -0.15) is 0 Å². The van der Waals surface area contributed by atoms with Gasteiger partial charge in [0.2, 0.25) is 0 Å². The first-order chi connectivity index (χ1) is 7.34. The molecule has 86 valence electrons. The minimum absolute atomic E-state index is 0.0137. The van der Waals surface area contributed by atoms with E-state index in [0.717, 1.165) is 12.1 Å². The van der Waals surface area contributed by atoms with Crippen molar-refractivity contribution in [1.82, 2.24) is 0 Å². The number of carbonyl (C=O) groups is 2. The molecule has 0 saturated heterocycles. The van der Waals surface area contributed by atoms with Crippen molar-refractivity contribution in [2.24, 2.45) is 0 Å². The van der Waals surface area contributed by atoms with Crippen molar-refractivity contribution < 1.29 is 29.3 Å². The van der Waals surface area contributed by atoms with Gasteiger partial charge in [0.15, 0.2) is 11.6 Å². The number of hydrogen-bond donors (Lipinski definition) is 3. The van der Waals surface area contributed by atoms with Crippen LogP contribution in [-0.2, 0) is 4.79 Å². The SMILES string of the molecule is CC(C(=O)O)c1cc(F)c(O)c(C(=O)O)c1. The molecule has 0 saturated carbocycles. The van der Waals surface area contributed by atoms with Crippen LogP contribution in [0.4, 0.5) is 4.39 Å². The monoisotopic (exact) mass is 228 g/mol. The van der Waals surface area contributed by atoms with E-state index in [-0.39, 0.29) is 5.56 Å². The second-order valence-corrected chi connectivity index (χ2v) is 3.26. The first-order valence-electron chi connectivity index (χ1n) is 4.33. The number of phenols is 1. The van der Waals surface area contributed by atoms with E-state index in [0.29, 0.717) is 0 Å². The zero-order valence-corrected chi connectivity index (χ0v) is 8.27. The Morgan fingerprint density at radius 2 is 1.88 bits per heavy atom. The Labute approximate surface area is 89.8 Å². The van der Waals surface area contributed by atoms with E-state index in [1.54, 1.807) is 0 Å². The Balaban J connectivity index is 3.34. The maximum atomic E-state index is 13.1. The molecule has 16 heavy (non-hydrogen) atoms. The van der Waals surface area contributed by atoms with Gasteiger partial charge in [0.1, 0.15) is 5.56 Å². The molecule has 1 aromatic rings. The van der Waals surface area contributed by atoms with Gasteiger partial charge in [-0.1, -0.05) is 0 Å². The first kappa shape index (κ1) is 12.0. The average Bonchev–Trinajstić information content (AvgIpc) is 2.20. The third kappa shape index (κ3) is 2.10. The maximum Gasteiger partial charge on any atom is 0.339 e. The second kappa shape index (κ2) is 4.18. The molecular formula is C10H9FO5. The molecule has 0 aliphatic heterocycles. The summed E-state index contributed by atoms with van der Waals surface area (Å²) in [6, 6.07) is 1.75. The van der Waals surface area contributed by atoms with Crippen LogP contribution >= 0.6 is 0 Å². The summed E-state index contributed by atoms with van der Waals surface area (Å²) in [4.78, 5) is 21.3. The number of rotatable bonds is 3. The molecule has 1 unspecified atom stereocenters. The van der Waals surface area contributed by atoms with Gasteiger partial charge in [-0.05, 0) is 24.6 Å². The summed E-state index contributed by atoms with van der Waals surface area (Å²) in [6.07, 6.45) is 0. The lowest BCUT2D eigenvalue weighted by Gasteiger charge is -2.09. The number of aliphatic carboxylic acids is 1. The third-order valence-corrected chi connectivity index (χ3v) is 2.19. The number of halogens is 1. The fourth-order valence-corrected chi connectivity index (χ4v) is 1.18. The highest BCUT2D eigenvalue weighted by molar-refractivity contribution is 5.91. The van der Waals surface area contributed by atoms with Crippen LogP contribution < -0.4 is 0 Å². The zero-order chi connectivity index (χ0) is 12.5. The molecule has 5 nitrogen and oxygen atoms in total. The molecule has 0 heterocycles. The standard InChI is InChI=1S/C10H9FO5/c1-4(9(13)14)5-2-6(10(15)16)8(12)7(11)3-5/h2-4,12H,1H3,(H,13,14)(H,15,16). The van der Waals surface area contributed by atoms with E-state index in [2.05, 4.69) is 0 Å². The lowest BCUT2D eigenvalue weighted by Crippen LogP contribution is -2.09. The highest BCUT2D eigenvalue weighted by atomic mass is 19.1. The highest BCUT2D eigenvalue weighted by Crippen LogP contribution is 2.27. The van der Waals surface area contributed by atoms with Crippen molar-refractivity contribution in [1.29, 1.82) is 0 Å². The normalized spacial score (nSPS) is 12.1. The van der Waals surface area contributed by atoms with Crippen LogP contribution in [0.1, 0.15) is 28.8 Å². The fourth-order valence-electron chi connectivity index (χ4n) is 1.18. The van der Waals surface area contributed by atoms with E-state index >= 15 is 0 Å². The Kier molecular flexibility index (Phi) is 3.12. The summed E-state index contributed by atoms with van der Waals surface area (Å²) < 4.78 is 13.1. The van der Waals surface area contributed by atoms with Gasteiger partial charge in [-0.3, -0.25) is 4.79 Å². The van der Waals surface area contributed by atoms with Gasteiger partial charge < -0.3 is 15.3 Å². The summed E-state index contributed by atoms with van der Waals surface area (Å²) >= 11 is 0. The van der Waals surface area contributed by atoms with Gasteiger partial charge in [0.25, 0.3) is 0 Å². The molecule has 0 aliphatic carbocycles. The Hall–Kier alpha value is -2.11. The van der Waals surface area contributed by atoms with Crippen molar-refractivity contribution in [2.45, 2.75) is 12.8 Å². The number of carboxylic acids is 2. The molecule has 0 radical (unpaired) electrons. The molecule has 0 amide bonds. The number of carboxylic acid groups (broad SMARTS) is 2. The summed E-state index contributed by atoms with van der Waals surface area (Å²) in [6.45, 7) is 1.29. The molecule has 0 bridgehead atoms.